The molecule has 1 aliphatic carbocycles. The molecule has 0 bridgehead atoms. The molecule has 0 aliphatic heterocycles. The third-order valence-corrected chi connectivity index (χ3v) is 6.10. The van der Waals surface area contributed by atoms with Gasteiger partial charge in [0, 0.05) is 11.8 Å². The number of aromatic nitrogens is 1. The van der Waals surface area contributed by atoms with Crippen molar-refractivity contribution in [1.82, 2.24) is 4.98 Å². The quantitative estimate of drug-likeness (QED) is 0.340. The van der Waals surface area contributed by atoms with Crippen LogP contribution in [0.4, 0.5) is 10.5 Å². The molecule has 1 saturated carbocycles. The second kappa shape index (κ2) is 9.29. The topological polar surface area (TPSA) is 51.2 Å². The Labute approximate surface area is 194 Å². The largest absolute Gasteiger partial charge is 0.441 e. The molecular formula is C29H26N2O2. The van der Waals surface area contributed by atoms with Crippen LogP contribution >= 0.6 is 0 Å². The van der Waals surface area contributed by atoms with Crippen molar-refractivity contribution in [1.29, 1.82) is 0 Å². The van der Waals surface area contributed by atoms with Crippen molar-refractivity contribution in [3.8, 4) is 22.3 Å². The summed E-state index contributed by atoms with van der Waals surface area (Å²) in [6.45, 7) is 1.86. The van der Waals surface area contributed by atoms with Crippen molar-refractivity contribution in [3.05, 3.63) is 108 Å². The van der Waals surface area contributed by atoms with Gasteiger partial charge in [0.1, 0.15) is 6.10 Å². The number of hydrogen-bond acceptors (Lipinski definition) is 3. The van der Waals surface area contributed by atoms with E-state index < -0.39 is 6.09 Å². The van der Waals surface area contributed by atoms with E-state index in [1.807, 2.05) is 43.3 Å². The lowest BCUT2D eigenvalue weighted by Gasteiger charge is -2.16. The Morgan fingerprint density at radius 1 is 0.879 bits per heavy atom. The van der Waals surface area contributed by atoms with Gasteiger partial charge in [0.25, 0.3) is 0 Å². The second-order valence-corrected chi connectivity index (χ2v) is 8.48. The van der Waals surface area contributed by atoms with Crippen molar-refractivity contribution >= 4 is 11.8 Å². The number of carbonyl (C=O) groups excluding carboxylic acids is 1. The molecule has 4 nitrogen and oxygen atoms in total. The summed E-state index contributed by atoms with van der Waals surface area (Å²) in [6.07, 6.45) is 5.14. The molecule has 0 saturated heterocycles. The number of amides is 1. The number of hydrogen-bond donors (Lipinski definition) is 1. The van der Waals surface area contributed by atoms with Crippen LogP contribution in [0.3, 0.4) is 0 Å². The van der Waals surface area contributed by atoms with Crippen molar-refractivity contribution in [3.63, 3.8) is 0 Å². The van der Waals surface area contributed by atoms with Gasteiger partial charge >= 0.3 is 6.09 Å². The molecule has 1 N–H and O–H groups in total. The van der Waals surface area contributed by atoms with Gasteiger partial charge in [0.2, 0.25) is 0 Å². The lowest BCUT2D eigenvalue weighted by atomic mass is 9.99. The molecule has 33 heavy (non-hydrogen) atoms. The zero-order chi connectivity index (χ0) is 22.6. The van der Waals surface area contributed by atoms with Gasteiger partial charge in [-0.3, -0.25) is 10.3 Å². The standard InChI is InChI=1S/C29H26N2O2/c1-20(21-5-3-2-4-6-21)33-29(32)31-28-19-30-18-17-27(28)26-15-13-25(14-16-26)24-11-9-23(10-12-24)22-7-8-22/h2-6,9-20,22H,7-8H2,1H3,(H,31,32)/t20-/m1/s1. The monoisotopic (exact) mass is 434 g/mol. The Morgan fingerprint density at radius 2 is 1.52 bits per heavy atom. The molecule has 1 aliphatic rings. The van der Waals surface area contributed by atoms with Crippen molar-refractivity contribution in [2.45, 2.75) is 31.8 Å². The van der Waals surface area contributed by atoms with E-state index in [-0.39, 0.29) is 6.10 Å². The molecule has 4 heteroatoms. The highest BCUT2D eigenvalue weighted by molar-refractivity contribution is 5.91. The lowest BCUT2D eigenvalue weighted by Crippen LogP contribution is -2.16. The summed E-state index contributed by atoms with van der Waals surface area (Å²) < 4.78 is 5.56. The van der Waals surface area contributed by atoms with Gasteiger partial charge in [-0.25, -0.2) is 4.79 Å². The smallest absolute Gasteiger partial charge is 0.412 e. The van der Waals surface area contributed by atoms with Crippen LogP contribution in [0.5, 0.6) is 0 Å². The Bertz CT molecular complexity index is 1230. The minimum absolute atomic E-state index is 0.350. The first-order valence-corrected chi connectivity index (χ1v) is 11.3. The van der Waals surface area contributed by atoms with Crippen LogP contribution in [-0.4, -0.2) is 11.1 Å². The van der Waals surface area contributed by atoms with E-state index in [2.05, 4.69) is 58.8 Å². The van der Waals surface area contributed by atoms with Crippen LogP contribution < -0.4 is 5.32 Å². The second-order valence-electron chi connectivity index (χ2n) is 8.48. The van der Waals surface area contributed by atoms with E-state index in [0.29, 0.717) is 5.69 Å². The summed E-state index contributed by atoms with van der Waals surface area (Å²) in [5.41, 5.74) is 7.27. The summed E-state index contributed by atoms with van der Waals surface area (Å²) >= 11 is 0. The van der Waals surface area contributed by atoms with Gasteiger partial charge in [0.05, 0.1) is 11.9 Å². The van der Waals surface area contributed by atoms with Crippen LogP contribution in [0.15, 0.2) is 97.3 Å². The maximum atomic E-state index is 12.5. The fourth-order valence-electron chi connectivity index (χ4n) is 4.04. The Balaban J connectivity index is 1.30. The van der Waals surface area contributed by atoms with Gasteiger partial charge in [-0.1, -0.05) is 78.9 Å². The first-order chi connectivity index (χ1) is 16.2. The first-order valence-electron chi connectivity index (χ1n) is 11.3. The van der Waals surface area contributed by atoms with Gasteiger partial charge in [-0.15, -0.1) is 0 Å². The highest BCUT2D eigenvalue weighted by Crippen LogP contribution is 2.40. The molecule has 164 valence electrons. The predicted molar refractivity (Wildman–Crippen MR) is 132 cm³/mol. The average molecular weight is 435 g/mol. The number of rotatable bonds is 6. The van der Waals surface area contributed by atoms with E-state index in [1.165, 1.54) is 29.5 Å². The number of nitrogens with zero attached hydrogens (tertiary/aromatic N) is 1. The van der Waals surface area contributed by atoms with Crippen LogP contribution in [-0.2, 0) is 4.74 Å². The van der Waals surface area contributed by atoms with Crippen molar-refractivity contribution < 1.29 is 9.53 Å². The summed E-state index contributed by atoms with van der Waals surface area (Å²) in [7, 11) is 0. The van der Waals surface area contributed by atoms with Crippen LogP contribution in [0.2, 0.25) is 0 Å². The van der Waals surface area contributed by atoms with Crippen molar-refractivity contribution in [2.75, 3.05) is 5.32 Å². The van der Waals surface area contributed by atoms with Gasteiger partial charge in [-0.05, 0) is 59.6 Å². The highest BCUT2D eigenvalue weighted by atomic mass is 16.6. The van der Waals surface area contributed by atoms with E-state index in [9.17, 15) is 4.79 Å². The third-order valence-electron chi connectivity index (χ3n) is 6.10. The summed E-state index contributed by atoms with van der Waals surface area (Å²) in [5.74, 6) is 0.765. The Kier molecular flexibility index (Phi) is 5.90. The van der Waals surface area contributed by atoms with Gasteiger partial charge < -0.3 is 4.74 Å². The number of benzene rings is 3. The SMILES string of the molecule is C[C@@H](OC(=O)Nc1cnccc1-c1ccc(-c2ccc(C3CC3)cc2)cc1)c1ccccc1. The van der Waals surface area contributed by atoms with Crippen LogP contribution in [0, 0.1) is 0 Å². The third kappa shape index (κ3) is 4.96. The normalized spacial score (nSPS) is 13.8. The molecule has 1 fully saturated rings. The Hall–Kier alpha value is -3.92. The van der Waals surface area contributed by atoms with Gasteiger partial charge in [0.15, 0.2) is 0 Å². The molecule has 0 spiro atoms. The van der Waals surface area contributed by atoms with Crippen LogP contribution in [0.1, 0.15) is 42.9 Å². The minimum Gasteiger partial charge on any atom is -0.441 e. The molecule has 0 radical (unpaired) electrons. The maximum absolute atomic E-state index is 12.5. The molecule has 1 aromatic heterocycles. The molecule has 3 aromatic carbocycles. The van der Waals surface area contributed by atoms with Gasteiger partial charge in [-0.2, -0.15) is 0 Å². The van der Waals surface area contributed by atoms with E-state index in [0.717, 1.165) is 22.6 Å². The average Bonchev–Trinajstić information content (AvgIpc) is 3.71. The maximum Gasteiger partial charge on any atom is 0.412 e. The number of anilines is 1. The number of nitrogens with one attached hydrogen (secondary N) is 1. The fraction of sp³-hybridized carbons (Fsp3) is 0.172. The molecule has 0 unspecified atom stereocenters. The van der Waals surface area contributed by atoms with E-state index >= 15 is 0 Å². The van der Waals surface area contributed by atoms with Crippen LogP contribution in [0.25, 0.3) is 22.3 Å². The predicted octanol–water partition coefficient (Wildman–Crippen LogP) is 7.60. The van der Waals surface area contributed by atoms with E-state index in [1.54, 1.807) is 12.4 Å². The highest BCUT2D eigenvalue weighted by Gasteiger charge is 2.23. The number of ether oxygens (including phenoxy) is 1. The summed E-state index contributed by atoms with van der Waals surface area (Å²) in [6, 6.07) is 28.8. The first kappa shape index (κ1) is 21.0. The summed E-state index contributed by atoms with van der Waals surface area (Å²) in [5, 5.41) is 2.86. The number of carbonyl (C=O) groups is 1. The molecular weight excluding hydrogens is 408 g/mol. The zero-order valence-electron chi connectivity index (χ0n) is 18.6. The van der Waals surface area contributed by atoms with Crippen molar-refractivity contribution in [2.24, 2.45) is 0 Å². The minimum atomic E-state index is -0.507. The fourth-order valence-corrected chi connectivity index (χ4v) is 4.04. The molecule has 1 atom stereocenters. The molecule has 1 amide bonds. The Morgan fingerprint density at radius 3 is 2.18 bits per heavy atom. The number of pyridine rings is 1. The summed E-state index contributed by atoms with van der Waals surface area (Å²) in [4.78, 5) is 16.7. The molecule has 4 aromatic rings. The zero-order valence-corrected chi connectivity index (χ0v) is 18.6. The molecule has 1 heterocycles. The molecule has 5 rings (SSSR count). The lowest BCUT2D eigenvalue weighted by molar-refractivity contribution is 0.121. The van der Waals surface area contributed by atoms with E-state index in [4.69, 9.17) is 4.74 Å².